The molecule has 19 heteroatoms. The fraction of sp³-hybridized carbons (Fsp3) is 0.950. The van der Waals surface area contributed by atoms with Crippen LogP contribution in [0.2, 0.25) is 0 Å². The molecule has 99 heavy (non-hydrogen) atoms. The van der Waals surface area contributed by atoms with Gasteiger partial charge in [-0.2, -0.15) is 0 Å². The molecule has 0 fully saturated rings. The molecule has 0 aliphatic heterocycles. The van der Waals surface area contributed by atoms with Crippen LogP contribution in [0.15, 0.2) is 0 Å². The first kappa shape index (κ1) is 97.1. The number of aliphatic hydroxyl groups excluding tert-OH is 1. The van der Waals surface area contributed by atoms with Crippen molar-refractivity contribution in [3.8, 4) is 0 Å². The zero-order valence-electron chi connectivity index (χ0n) is 65.1. The highest BCUT2D eigenvalue weighted by molar-refractivity contribution is 7.47. The van der Waals surface area contributed by atoms with Crippen molar-refractivity contribution in [2.24, 2.45) is 23.7 Å². The van der Waals surface area contributed by atoms with Gasteiger partial charge in [-0.15, -0.1) is 0 Å². The summed E-state index contributed by atoms with van der Waals surface area (Å²) < 4.78 is 68.7. The number of esters is 4. The van der Waals surface area contributed by atoms with E-state index in [1.807, 2.05) is 0 Å². The third-order valence-electron chi connectivity index (χ3n) is 18.9. The summed E-state index contributed by atoms with van der Waals surface area (Å²) >= 11 is 0. The smallest absolute Gasteiger partial charge is 0.462 e. The summed E-state index contributed by atoms with van der Waals surface area (Å²) in [5, 5.41) is 10.6. The van der Waals surface area contributed by atoms with E-state index in [1.165, 1.54) is 205 Å². The zero-order valence-corrected chi connectivity index (χ0v) is 66.9. The van der Waals surface area contributed by atoms with Crippen molar-refractivity contribution in [1.29, 1.82) is 0 Å². The second-order valence-electron chi connectivity index (χ2n) is 30.5. The number of ether oxygens (including phenoxy) is 4. The van der Waals surface area contributed by atoms with Gasteiger partial charge in [0.1, 0.15) is 19.3 Å². The van der Waals surface area contributed by atoms with Gasteiger partial charge in [-0.25, -0.2) is 9.13 Å². The van der Waals surface area contributed by atoms with Gasteiger partial charge in [-0.05, 0) is 49.4 Å². The Morgan fingerprint density at radius 3 is 0.717 bits per heavy atom. The molecule has 0 amide bonds. The number of phosphoric ester groups is 2. The van der Waals surface area contributed by atoms with Gasteiger partial charge in [0, 0.05) is 25.7 Å². The van der Waals surface area contributed by atoms with Gasteiger partial charge in [0.05, 0.1) is 26.4 Å². The van der Waals surface area contributed by atoms with Crippen LogP contribution < -0.4 is 0 Å². The molecule has 0 aromatic rings. The zero-order chi connectivity index (χ0) is 73.1. The molecule has 0 saturated carbocycles. The Hall–Kier alpha value is -1.94. The molecule has 0 bridgehead atoms. The first-order chi connectivity index (χ1) is 47.6. The average molecular weight is 1450 g/mol. The van der Waals surface area contributed by atoms with Crippen LogP contribution in [-0.2, 0) is 65.4 Å². The Morgan fingerprint density at radius 2 is 0.485 bits per heavy atom. The van der Waals surface area contributed by atoms with E-state index in [0.29, 0.717) is 25.7 Å². The minimum Gasteiger partial charge on any atom is -0.462 e. The molecular formula is C80H156O17P2. The second kappa shape index (κ2) is 69.1. The number of rotatable bonds is 77. The van der Waals surface area contributed by atoms with E-state index >= 15 is 0 Å². The monoisotopic (exact) mass is 1450 g/mol. The molecule has 0 aromatic carbocycles. The minimum atomic E-state index is -4.96. The lowest BCUT2D eigenvalue weighted by molar-refractivity contribution is -0.161. The molecule has 6 atom stereocenters. The predicted molar refractivity (Wildman–Crippen MR) is 404 cm³/mol. The van der Waals surface area contributed by atoms with Crippen LogP contribution in [0, 0.1) is 23.7 Å². The highest BCUT2D eigenvalue weighted by Gasteiger charge is 2.30. The summed E-state index contributed by atoms with van der Waals surface area (Å²) in [7, 11) is -9.92. The third kappa shape index (κ3) is 72.8. The largest absolute Gasteiger partial charge is 0.472 e. The Balaban J connectivity index is 5.23. The van der Waals surface area contributed by atoms with Gasteiger partial charge >= 0.3 is 39.5 Å². The molecule has 17 nitrogen and oxygen atoms in total. The maximum absolute atomic E-state index is 13.1. The number of hydrogen-bond acceptors (Lipinski definition) is 15. The van der Waals surface area contributed by atoms with E-state index in [-0.39, 0.29) is 25.7 Å². The molecule has 0 rings (SSSR count). The molecule has 0 saturated heterocycles. The van der Waals surface area contributed by atoms with Gasteiger partial charge in [0.25, 0.3) is 0 Å². The van der Waals surface area contributed by atoms with Crippen molar-refractivity contribution >= 4 is 39.5 Å². The van der Waals surface area contributed by atoms with Crippen LogP contribution in [0.1, 0.15) is 409 Å². The van der Waals surface area contributed by atoms with Gasteiger partial charge in [-0.1, -0.05) is 357 Å². The predicted octanol–water partition coefficient (Wildman–Crippen LogP) is 23.6. The minimum absolute atomic E-state index is 0.106. The van der Waals surface area contributed by atoms with Gasteiger partial charge < -0.3 is 33.8 Å². The molecule has 0 spiro atoms. The fourth-order valence-electron chi connectivity index (χ4n) is 12.2. The van der Waals surface area contributed by atoms with Gasteiger partial charge in [0.15, 0.2) is 12.2 Å². The number of unbranched alkanes of at least 4 members (excludes halogenated alkanes) is 42. The van der Waals surface area contributed by atoms with Crippen LogP contribution >= 0.6 is 15.6 Å². The molecule has 588 valence electrons. The topological polar surface area (TPSA) is 237 Å². The molecular weight excluding hydrogens is 1290 g/mol. The lowest BCUT2D eigenvalue weighted by atomic mass is 10.00. The fourth-order valence-corrected chi connectivity index (χ4v) is 13.8. The molecule has 0 heterocycles. The van der Waals surface area contributed by atoms with Crippen LogP contribution in [0.4, 0.5) is 0 Å². The Labute approximate surface area is 607 Å². The van der Waals surface area contributed by atoms with Crippen LogP contribution in [0.3, 0.4) is 0 Å². The average Bonchev–Trinajstić information content (AvgIpc) is 1.01. The molecule has 0 aliphatic carbocycles. The standard InChI is InChI=1S/C80H156O17P2/c1-9-73(8)59-51-43-38-39-45-53-61-78(83)91-67-76(97-80(85)63-55-47-37-31-23-19-15-14-17-21-27-33-41-49-57-71(4)5)69-95-99(88,89)93-65-74(81)64-92-98(86,87)94-68-75(66-90-77(82)60-52-44-35-29-25-24-28-34-42-50-58-72(6)7)96-79(84)62-54-46-36-30-22-18-13-11-10-12-16-20-26-32-40-48-56-70(2)3/h70-76,81H,9-69H2,1-8H3,(H,86,87)(H,88,89)/t73?,74-,75-,76-/m1/s1. The summed E-state index contributed by atoms with van der Waals surface area (Å²) in [5.74, 6) is 0.978. The lowest BCUT2D eigenvalue weighted by Crippen LogP contribution is -2.30. The maximum Gasteiger partial charge on any atom is 0.472 e. The quantitative estimate of drug-likeness (QED) is 0.0222. The number of carbonyl (C=O) groups is 4. The summed E-state index contributed by atoms with van der Waals surface area (Å²) in [4.78, 5) is 73.0. The molecule has 3 unspecified atom stereocenters. The van der Waals surface area contributed by atoms with Crippen LogP contribution in [0.25, 0.3) is 0 Å². The Bertz CT molecular complexity index is 1940. The summed E-state index contributed by atoms with van der Waals surface area (Å²) in [5.41, 5.74) is 0. The van der Waals surface area contributed by atoms with Gasteiger partial charge in [-0.3, -0.25) is 37.3 Å². The van der Waals surface area contributed by atoms with Crippen molar-refractivity contribution in [2.45, 2.75) is 427 Å². The molecule has 0 aromatic heterocycles. The van der Waals surface area contributed by atoms with E-state index in [9.17, 15) is 43.2 Å². The van der Waals surface area contributed by atoms with E-state index in [0.717, 1.165) is 120 Å². The number of aliphatic hydroxyl groups is 1. The lowest BCUT2D eigenvalue weighted by Gasteiger charge is -2.21. The van der Waals surface area contributed by atoms with E-state index < -0.39 is 97.5 Å². The van der Waals surface area contributed by atoms with Crippen molar-refractivity contribution in [1.82, 2.24) is 0 Å². The maximum atomic E-state index is 13.1. The molecule has 3 N–H and O–H groups in total. The summed E-state index contributed by atoms with van der Waals surface area (Å²) in [6.07, 6.45) is 55.5. The summed E-state index contributed by atoms with van der Waals surface area (Å²) in [6.45, 7) is 14.2. The van der Waals surface area contributed by atoms with E-state index in [4.69, 9.17) is 37.0 Å². The van der Waals surface area contributed by atoms with Crippen molar-refractivity contribution in [2.75, 3.05) is 39.6 Å². The first-order valence-electron chi connectivity index (χ1n) is 41.2. The number of phosphoric acid groups is 2. The van der Waals surface area contributed by atoms with E-state index in [2.05, 4.69) is 55.4 Å². The molecule has 0 aliphatic rings. The normalized spacial score (nSPS) is 14.3. The second-order valence-corrected chi connectivity index (χ2v) is 33.4. The van der Waals surface area contributed by atoms with E-state index in [1.54, 1.807) is 0 Å². The first-order valence-corrected chi connectivity index (χ1v) is 44.2. The highest BCUT2D eigenvalue weighted by Crippen LogP contribution is 2.45. The third-order valence-corrected chi connectivity index (χ3v) is 20.8. The number of carbonyl (C=O) groups excluding carboxylic acids is 4. The Morgan fingerprint density at radius 1 is 0.283 bits per heavy atom. The summed E-state index contributed by atoms with van der Waals surface area (Å²) in [6, 6.07) is 0. The number of hydrogen-bond donors (Lipinski definition) is 3. The highest BCUT2D eigenvalue weighted by atomic mass is 31.2. The SMILES string of the molecule is CCC(C)CCCCCCCCC(=O)OC[C@H](COP(=O)(O)OC[C@H](O)COP(=O)(O)OC[C@@H](COC(=O)CCCCCCCCCCCCC(C)C)OC(=O)CCCCCCCCCCCCCCCCCCC(C)C)OC(=O)CCCCCCCCCCCCCCCCC(C)C. The molecule has 0 radical (unpaired) electrons. The van der Waals surface area contributed by atoms with Crippen molar-refractivity contribution in [3.05, 3.63) is 0 Å². The van der Waals surface area contributed by atoms with Crippen LogP contribution in [-0.4, -0.2) is 96.7 Å². The Kier molecular flexibility index (Phi) is 67.8. The van der Waals surface area contributed by atoms with Crippen molar-refractivity contribution < 1.29 is 80.2 Å². The van der Waals surface area contributed by atoms with Gasteiger partial charge in [0.2, 0.25) is 0 Å². The van der Waals surface area contributed by atoms with Crippen molar-refractivity contribution in [3.63, 3.8) is 0 Å². The van der Waals surface area contributed by atoms with Crippen LogP contribution in [0.5, 0.6) is 0 Å².